The smallest absolute Gasteiger partial charge is 0.244 e. The van der Waals surface area contributed by atoms with Crippen LogP contribution in [-0.2, 0) is 19.4 Å². The summed E-state index contributed by atoms with van der Waals surface area (Å²) >= 11 is 1.42. The average Bonchev–Trinajstić information content (AvgIpc) is 3.49. The van der Waals surface area contributed by atoms with Crippen molar-refractivity contribution < 1.29 is 31.7 Å². The van der Waals surface area contributed by atoms with Crippen LogP contribution in [-0.4, -0.2) is 121 Å². The van der Waals surface area contributed by atoms with E-state index >= 15 is 8.78 Å². The van der Waals surface area contributed by atoms with E-state index in [-0.39, 0.29) is 67.7 Å². The molecule has 50 heavy (non-hydrogen) atoms. The molecule has 14 nitrogen and oxygen atoms in total. The molecule has 12 unspecified atom stereocenters. The van der Waals surface area contributed by atoms with Gasteiger partial charge in [0.25, 0.3) is 0 Å². The lowest BCUT2D eigenvalue weighted by Crippen LogP contribution is -2.75. The highest BCUT2D eigenvalue weighted by Crippen LogP contribution is 2.45. The SMILES string of the molecule is CNC(=O)CC1CCN(C2NC(SC3CCC(S(=O)(=O)C(C)(C)C4CCCC([N+](=O)[O-])C4F)CC3F)NC(NC3CC(C)NN3)C2OC)CC1. The first-order chi connectivity index (χ1) is 23.7. The summed E-state index contributed by atoms with van der Waals surface area (Å²) in [6.07, 6.45) is 0.0776. The Kier molecular flexibility index (Phi) is 13.4. The van der Waals surface area contributed by atoms with Crippen molar-refractivity contribution in [2.75, 3.05) is 27.2 Å². The predicted octanol–water partition coefficient (Wildman–Crippen LogP) is 1.75. The number of thioether (sulfide) groups is 1. The lowest BCUT2D eigenvalue weighted by Gasteiger charge is -2.50. The second-order valence-corrected chi connectivity index (χ2v) is 19.6. The molecule has 5 rings (SSSR count). The van der Waals surface area contributed by atoms with E-state index in [1.165, 1.54) is 25.6 Å². The Bertz CT molecular complexity index is 1280. The number of hydrogen-bond donors (Lipinski definition) is 6. The second kappa shape index (κ2) is 16.8. The Morgan fingerprint density at radius 2 is 1.80 bits per heavy atom. The van der Waals surface area contributed by atoms with Crippen molar-refractivity contribution in [1.82, 2.24) is 37.0 Å². The molecule has 2 aliphatic carbocycles. The number of rotatable bonds is 12. The van der Waals surface area contributed by atoms with Gasteiger partial charge in [-0.15, -0.1) is 11.8 Å². The molecule has 3 saturated heterocycles. The molecule has 3 aliphatic heterocycles. The number of alkyl halides is 2. The van der Waals surface area contributed by atoms with Gasteiger partial charge in [0.15, 0.2) is 16.0 Å². The number of hydrazine groups is 1. The zero-order valence-electron chi connectivity index (χ0n) is 29.9. The minimum Gasteiger partial charge on any atom is -0.375 e. The molecule has 5 fully saturated rings. The number of nitrogens with zero attached hydrogens (tertiary/aromatic N) is 2. The maximum Gasteiger partial charge on any atom is 0.244 e. The van der Waals surface area contributed by atoms with Crippen molar-refractivity contribution >= 4 is 27.5 Å². The fourth-order valence-electron chi connectivity index (χ4n) is 8.77. The van der Waals surface area contributed by atoms with Crippen LogP contribution in [0, 0.1) is 22.0 Å². The van der Waals surface area contributed by atoms with E-state index in [2.05, 4.69) is 43.9 Å². The molecule has 0 bridgehead atoms. The first-order valence-electron chi connectivity index (χ1n) is 18.2. The van der Waals surface area contributed by atoms with Crippen molar-refractivity contribution in [3.8, 4) is 0 Å². The molecule has 288 valence electrons. The topological polar surface area (TPSA) is 179 Å². The van der Waals surface area contributed by atoms with Gasteiger partial charge < -0.3 is 10.1 Å². The maximum atomic E-state index is 16.1. The minimum atomic E-state index is -4.02. The number of carbonyl (C=O) groups excluding carboxylic acids is 1. The van der Waals surface area contributed by atoms with Gasteiger partial charge >= 0.3 is 0 Å². The van der Waals surface area contributed by atoms with Crippen LogP contribution in [0.1, 0.15) is 85.0 Å². The fourth-order valence-corrected chi connectivity index (χ4v) is 12.5. The number of piperidine rings is 1. The largest absolute Gasteiger partial charge is 0.375 e. The number of likely N-dealkylation sites (tertiary alicyclic amines) is 1. The molecule has 5 aliphatic rings. The summed E-state index contributed by atoms with van der Waals surface area (Å²) < 4.78 is 64.0. The molecule has 18 heteroatoms. The van der Waals surface area contributed by atoms with Gasteiger partial charge in [0.1, 0.15) is 17.8 Å². The van der Waals surface area contributed by atoms with Crippen LogP contribution in [0.4, 0.5) is 8.78 Å². The summed E-state index contributed by atoms with van der Waals surface area (Å²) in [4.78, 5) is 25.2. The Morgan fingerprint density at radius 1 is 1.08 bits per heavy atom. The molecule has 1 amide bonds. The molecule has 0 aromatic rings. The van der Waals surface area contributed by atoms with Crippen molar-refractivity contribution in [2.24, 2.45) is 11.8 Å². The van der Waals surface area contributed by atoms with Crippen LogP contribution in [0.2, 0.25) is 0 Å². The molecule has 12 atom stereocenters. The summed E-state index contributed by atoms with van der Waals surface area (Å²) in [7, 11) is -0.685. The Labute approximate surface area is 299 Å². The molecule has 0 spiro atoms. The monoisotopic (exact) mass is 752 g/mol. The van der Waals surface area contributed by atoms with E-state index in [0.717, 1.165) is 32.4 Å². The standard InChI is InChI=1S/C32H58F2N8O6S2/c1-18-15-25(40-39-18)36-29-28(48-5)30(41-13-11-19(12-14-41)16-26(43)35-4)38-31(37-29)49-24-10-9-20(17-22(24)33)50(46,47)32(2,3)21-7-6-8-23(27(21)34)42(44)45/h18-25,27-31,36-40H,6-17H2,1-5H3,(H,35,43). The summed E-state index contributed by atoms with van der Waals surface area (Å²) in [5.41, 5.74) is 6.14. The van der Waals surface area contributed by atoms with Gasteiger partial charge in [0.05, 0.1) is 28.5 Å². The minimum absolute atomic E-state index is 0.0190. The van der Waals surface area contributed by atoms with E-state index in [4.69, 9.17) is 4.74 Å². The number of nitro groups is 1. The van der Waals surface area contributed by atoms with E-state index in [9.17, 15) is 23.3 Å². The Balaban J connectivity index is 1.25. The van der Waals surface area contributed by atoms with Crippen molar-refractivity contribution in [3.05, 3.63) is 10.1 Å². The maximum absolute atomic E-state index is 16.1. The van der Waals surface area contributed by atoms with Gasteiger partial charge in [-0.3, -0.25) is 41.2 Å². The average molecular weight is 753 g/mol. The van der Waals surface area contributed by atoms with Crippen LogP contribution in [0.5, 0.6) is 0 Å². The molecule has 3 heterocycles. The van der Waals surface area contributed by atoms with Gasteiger partial charge in [-0.05, 0) is 91.1 Å². The van der Waals surface area contributed by atoms with E-state index in [0.29, 0.717) is 25.2 Å². The van der Waals surface area contributed by atoms with Gasteiger partial charge in [0.2, 0.25) is 11.9 Å². The first kappa shape index (κ1) is 39.9. The second-order valence-electron chi connectivity index (χ2n) is 15.4. The number of nitrogens with one attached hydrogen (secondary N) is 6. The summed E-state index contributed by atoms with van der Waals surface area (Å²) in [6.45, 7) is 6.56. The van der Waals surface area contributed by atoms with E-state index in [1.54, 1.807) is 14.2 Å². The summed E-state index contributed by atoms with van der Waals surface area (Å²) in [5.74, 6) is -0.675. The number of hydrogen-bond acceptors (Lipinski definition) is 13. The molecule has 0 radical (unpaired) electrons. The van der Waals surface area contributed by atoms with Gasteiger partial charge in [0, 0.05) is 49.1 Å². The number of amides is 1. The van der Waals surface area contributed by atoms with E-state index in [1.807, 2.05) is 0 Å². The van der Waals surface area contributed by atoms with Crippen LogP contribution in [0.25, 0.3) is 0 Å². The summed E-state index contributed by atoms with van der Waals surface area (Å²) in [6, 6.07) is -1.14. The molecule has 0 aromatic heterocycles. The number of ether oxygens (including phenoxy) is 1. The molecular weight excluding hydrogens is 695 g/mol. The molecular formula is C32H58F2N8O6S2. The number of sulfone groups is 1. The predicted molar refractivity (Wildman–Crippen MR) is 189 cm³/mol. The molecule has 6 N–H and O–H groups in total. The van der Waals surface area contributed by atoms with Crippen molar-refractivity contribution in [2.45, 2.75) is 155 Å². The Hall–Kier alpha value is -1.25. The highest BCUT2D eigenvalue weighted by atomic mass is 32.2. The zero-order chi connectivity index (χ0) is 36.4. The van der Waals surface area contributed by atoms with Crippen molar-refractivity contribution in [1.29, 1.82) is 0 Å². The Morgan fingerprint density at radius 3 is 2.40 bits per heavy atom. The third kappa shape index (κ3) is 8.75. The van der Waals surface area contributed by atoms with Gasteiger partial charge in [-0.2, -0.15) is 0 Å². The van der Waals surface area contributed by atoms with Crippen LogP contribution in [0.3, 0.4) is 0 Å². The number of halogens is 2. The van der Waals surface area contributed by atoms with Crippen LogP contribution >= 0.6 is 11.8 Å². The number of methoxy groups -OCH3 is 1. The van der Waals surface area contributed by atoms with Gasteiger partial charge in [-0.25, -0.2) is 22.6 Å². The first-order valence-corrected chi connectivity index (χ1v) is 20.7. The fraction of sp³-hybridized carbons (Fsp3) is 0.969. The van der Waals surface area contributed by atoms with Crippen LogP contribution in [0.15, 0.2) is 0 Å². The zero-order valence-corrected chi connectivity index (χ0v) is 31.5. The summed E-state index contributed by atoms with van der Waals surface area (Å²) in [5, 5.41) is 23.6. The quantitative estimate of drug-likeness (QED) is 0.126. The third-order valence-corrected chi connectivity index (χ3v) is 16.4. The normalized spacial score (nSPS) is 39.7. The lowest BCUT2D eigenvalue weighted by atomic mass is 9.77. The van der Waals surface area contributed by atoms with Gasteiger partial charge in [-0.1, -0.05) is 0 Å². The third-order valence-electron chi connectivity index (χ3n) is 11.9. The molecule has 2 saturated carbocycles. The lowest BCUT2D eigenvalue weighted by molar-refractivity contribution is -0.536. The van der Waals surface area contributed by atoms with Crippen molar-refractivity contribution in [3.63, 3.8) is 0 Å². The number of carbonyl (C=O) groups is 1. The molecule has 0 aromatic carbocycles. The highest BCUT2D eigenvalue weighted by Gasteiger charge is 2.55. The highest BCUT2D eigenvalue weighted by molar-refractivity contribution is 8.00. The van der Waals surface area contributed by atoms with Crippen LogP contribution < -0.4 is 32.1 Å². The van der Waals surface area contributed by atoms with E-state index < -0.39 is 54.3 Å².